The maximum Gasteiger partial charge on any atom is 0.264 e. The standard InChI is InChI=1S/C39H35N7O6S/c1-22-9-2-4-12-27(22)43-34-29(44-36(49)26-21-53-31-14-5-3-10-24(26)31)19-23(20-42-34)35(48)41-18-7-6-17-40-28-13-8-11-25-33(28)39(52)46(38(25)51)30-15-16-32(47)45-37(30)50/h2-5,8-14,19-21,30,40H,6-7,15-18H2,1H3,(H,41,48)(H,42,43)(H,44,49)(H,45,47,50). The second-order valence-electron chi connectivity index (χ2n) is 12.7. The molecular formula is C39H35N7O6S. The summed E-state index contributed by atoms with van der Waals surface area (Å²) < 4.78 is 0.991. The number of amides is 6. The number of anilines is 4. The molecule has 5 N–H and O–H groups in total. The van der Waals surface area contributed by atoms with Crippen LogP contribution in [0.15, 0.2) is 84.4 Å². The Balaban J connectivity index is 0.970. The summed E-state index contributed by atoms with van der Waals surface area (Å²) in [6, 6.07) is 20.8. The first-order chi connectivity index (χ1) is 25.7. The van der Waals surface area contributed by atoms with Crippen LogP contribution in [0, 0.1) is 6.92 Å². The van der Waals surface area contributed by atoms with Gasteiger partial charge in [0.05, 0.1) is 27.9 Å². The van der Waals surface area contributed by atoms with E-state index in [1.54, 1.807) is 24.3 Å². The number of aryl methyl sites for hydroxylation is 1. The summed E-state index contributed by atoms with van der Waals surface area (Å²) in [5.41, 5.74) is 3.80. The number of hydrogen-bond donors (Lipinski definition) is 5. The van der Waals surface area contributed by atoms with Gasteiger partial charge in [-0.15, -0.1) is 11.3 Å². The lowest BCUT2D eigenvalue weighted by Crippen LogP contribution is -2.54. The Bertz CT molecular complexity index is 2300. The van der Waals surface area contributed by atoms with Crippen LogP contribution in [0.3, 0.4) is 0 Å². The van der Waals surface area contributed by atoms with E-state index in [4.69, 9.17) is 0 Å². The molecular weight excluding hydrogens is 695 g/mol. The summed E-state index contributed by atoms with van der Waals surface area (Å²) in [6.07, 6.45) is 2.80. The van der Waals surface area contributed by atoms with E-state index in [0.717, 1.165) is 26.2 Å². The number of benzene rings is 3. The molecule has 2 aliphatic rings. The Morgan fingerprint density at radius 2 is 1.66 bits per heavy atom. The average molecular weight is 730 g/mol. The van der Waals surface area contributed by atoms with Crippen LogP contribution in [0.1, 0.15) is 72.7 Å². The Morgan fingerprint density at radius 3 is 2.49 bits per heavy atom. The second-order valence-corrected chi connectivity index (χ2v) is 13.6. The van der Waals surface area contributed by atoms with Gasteiger partial charge in [0.1, 0.15) is 6.04 Å². The van der Waals surface area contributed by atoms with Crippen LogP contribution < -0.4 is 26.6 Å². The fraction of sp³-hybridized carbons (Fsp3) is 0.205. The molecule has 1 fully saturated rings. The number of carbonyl (C=O) groups excluding carboxylic acids is 6. The summed E-state index contributed by atoms with van der Waals surface area (Å²) in [7, 11) is 0. The van der Waals surface area contributed by atoms with Gasteiger partial charge in [-0.25, -0.2) is 4.98 Å². The Hall–Kier alpha value is -6.41. The van der Waals surface area contributed by atoms with E-state index in [9.17, 15) is 28.8 Å². The third kappa shape index (κ3) is 7.21. The summed E-state index contributed by atoms with van der Waals surface area (Å²) in [6.45, 7) is 2.75. The third-order valence-electron chi connectivity index (χ3n) is 9.19. The van der Waals surface area contributed by atoms with Gasteiger partial charge in [-0.2, -0.15) is 0 Å². The molecule has 4 heterocycles. The van der Waals surface area contributed by atoms with Crippen molar-refractivity contribution in [1.29, 1.82) is 0 Å². The number of aromatic nitrogens is 1. The topological polar surface area (TPSA) is 179 Å². The van der Waals surface area contributed by atoms with Crippen molar-refractivity contribution in [2.24, 2.45) is 0 Å². The van der Waals surface area contributed by atoms with Crippen LogP contribution in [0.4, 0.5) is 22.9 Å². The van der Waals surface area contributed by atoms with Crippen LogP contribution in [-0.2, 0) is 9.59 Å². The van der Waals surface area contributed by atoms with Gasteiger partial charge in [0.15, 0.2) is 5.82 Å². The van der Waals surface area contributed by atoms with Crippen molar-refractivity contribution in [3.05, 3.63) is 112 Å². The quantitative estimate of drug-likeness (QED) is 0.0805. The SMILES string of the molecule is Cc1ccccc1Nc1ncc(C(=O)NCCCCNc2cccc3c2C(=O)N(C2CCC(=O)NC2=O)C3=O)cc1NC(=O)c1csc2ccccc12. The largest absolute Gasteiger partial charge is 0.384 e. The molecule has 14 heteroatoms. The number of piperidine rings is 1. The zero-order valence-corrected chi connectivity index (χ0v) is 29.5. The highest BCUT2D eigenvalue weighted by Crippen LogP contribution is 2.33. The highest BCUT2D eigenvalue weighted by atomic mass is 32.1. The molecule has 6 amide bonds. The van der Waals surface area contributed by atoms with E-state index in [1.807, 2.05) is 60.8 Å². The van der Waals surface area contributed by atoms with Crippen molar-refractivity contribution < 1.29 is 28.8 Å². The molecule has 0 aliphatic carbocycles. The van der Waals surface area contributed by atoms with E-state index in [0.29, 0.717) is 48.7 Å². The van der Waals surface area contributed by atoms with Crippen molar-refractivity contribution in [3.8, 4) is 0 Å². The first-order valence-corrected chi connectivity index (χ1v) is 18.0. The lowest BCUT2D eigenvalue weighted by atomic mass is 10.0. The molecule has 268 valence electrons. The molecule has 53 heavy (non-hydrogen) atoms. The summed E-state index contributed by atoms with van der Waals surface area (Å²) >= 11 is 1.48. The first-order valence-electron chi connectivity index (χ1n) is 17.2. The molecule has 7 rings (SSSR count). The summed E-state index contributed by atoms with van der Waals surface area (Å²) in [4.78, 5) is 82.7. The van der Waals surface area contributed by atoms with Crippen molar-refractivity contribution in [2.45, 2.75) is 38.6 Å². The molecule has 0 saturated carbocycles. The number of nitrogens with zero attached hydrogens (tertiary/aromatic N) is 2. The first kappa shape index (κ1) is 35.0. The maximum atomic E-state index is 13.5. The maximum absolute atomic E-state index is 13.5. The van der Waals surface area contributed by atoms with Crippen molar-refractivity contribution in [2.75, 3.05) is 29.0 Å². The van der Waals surface area contributed by atoms with Crippen LogP contribution >= 0.6 is 11.3 Å². The van der Waals surface area contributed by atoms with Gasteiger partial charge >= 0.3 is 0 Å². The third-order valence-corrected chi connectivity index (χ3v) is 10.2. The second kappa shape index (κ2) is 15.1. The van der Waals surface area contributed by atoms with E-state index in [2.05, 4.69) is 31.6 Å². The molecule has 5 aromatic rings. The van der Waals surface area contributed by atoms with Crippen molar-refractivity contribution in [3.63, 3.8) is 0 Å². The van der Waals surface area contributed by atoms with E-state index >= 15 is 0 Å². The van der Waals surface area contributed by atoms with Gasteiger partial charge in [-0.3, -0.25) is 39.0 Å². The van der Waals surface area contributed by atoms with E-state index in [1.165, 1.54) is 17.5 Å². The molecule has 0 bridgehead atoms. The Morgan fingerprint density at radius 1 is 0.887 bits per heavy atom. The highest BCUT2D eigenvalue weighted by molar-refractivity contribution is 7.17. The van der Waals surface area contributed by atoms with Gasteiger partial charge in [0, 0.05) is 52.5 Å². The summed E-state index contributed by atoms with van der Waals surface area (Å²) in [5, 5.41) is 17.2. The molecule has 13 nitrogen and oxygen atoms in total. The molecule has 1 saturated heterocycles. The lowest BCUT2D eigenvalue weighted by Gasteiger charge is -2.27. The zero-order chi connectivity index (χ0) is 37.1. The molecule has 0 radical (unpaired) electrons. The minimum absolute atomic E-state index is 0.0450. The molecule has 2 aliphatic heterocycles. The number of nitrogens with one attached hydrogen (secondary N) is 5. The molecule has 3 aromatic carbocycles. The number of pyridine rings is 1. The number of rotatable bonds is 12. The number of imide groups is 2. The van der Waals surface area contributed by atoms with E-state index in [-0.39, 0.29) is 41.3 Å². The Labute approximate surface area is 308 Å². The minimum atomic E-state index is -1.04. The number of carbonyl (C=O) groups is 6. The highest BCUT2D eigenvalue weighted by Gasteiger charge is 2.45. The predicted octanol–water partition coefficient (Wildman–Crippen LogP) is 5.62. The van der Waals surface area contributed by atoms with Crippen LogP contribution in [0.2, 0.25) is 0 Å². The normalized spacial score (nSPS) is 15.3. The fourth-order valence-corrected chi connectivity index (χ4v) is 7.35. The van der Waals surface area contributed by atoms with Gasteiger partial charge < -0.3 is 21.3 Å². The molecule has 1 atom stereocenters. The summed E-state index contributed by atoms with van der Waals surface area (Å²) in [5.74, 6) is -2.53. The predicted molar refractivity (Wildman–Crippen MR) is 202 cm³/mol. The monoisotopic (exact) mass is 729 g/mol. The number of fused-ring (bicyclic) bond motifs is 2. The number of thiophene rings is 1. The average Bonchev–Trinajstić information content (AvgIpc) is 3.70. The van der Waals surface area contributed by atoms with Gasteiger partial charge in [-0.05, 0) is 62.1 Å². The van der Waals surface area contributed by atoms with Gasteiger partial charge in [0.2, 0.25) is 11.8 Å². The van der Waals surface area contributed by atoms with Gasteiger partial charge in [0.25, 0.3) is 23.6 Å². The Kier molecular flexibility index (Phi) is 9.95. The van der Waals surface area contributed by atoms with Crippen LogP contribution in [0.25, 0.3) is 10.1 Å². The molecule has 0 spiro atoms. The van der Waals surface area contributed by atoms with E-state index < -0.39 is 29.7 Å². The molecule has 2 aromatic heterocycles. The van der Waals surface area contributed by atoms with Crippen molar-refractivity contribution in [1.82, 2.24) is 20.5 Å². The van der Waals surface area contributed by atoms with Crippen LogP contribution in [0.5, 0.6) is 0 Å². The van der Waals surface area contributed by atoms with Crippen LogP contribution in [-0.4, -0.2) is 64.5 Å². The smallest absolute Gasteiger partial charge is 0.264 e. The molecule has 1 unspecified atom stereocenters. The fourth-order valence-electron chi connectivity index (χ4n) is 6.41. The van der Waals surface area contributed by atoms with Gasteiger partial charge in [-0.1, -0.05) is 42.5 Å². The number of hydrogen-bond acceptors (Lipinski definition) is 10. The number of para-hydroxylation sites is 1. The zero-order valence-electron chi connectivity index (χ0n) is 28.7. The lowest BCUT2D eigenvalue weighted by molar-refractivity contribution is -0.136. The van der Waals surface area contributed by atoms with Crippen molar-refractivity contribution >= 4 is 79.7 Å². The minimum Gasteiger partial charge on any atom is -0.384 e. The number of unbranched alkanes of at least 4 members (excludes halogenated alkanes) is 1.